The van der Waals surface area contributed by atoms with Gasteiger partial charge >= 0.3 is 0 Å². The molecule has 1 aliphatic carbocycles. The number of carbonyl (C=O) groups is 2. The molecule has 170 valence electrons. The number of likely N-dealkylation sites (tertiary alicyclic amines) is 1. The van der Waals surface area contributed by atoms with E-state index in [9.17, 15) is 14.0 Å². The largest absolute Gasteiger partial charge is 0.457 e. The Balaban J connectivity index is 1.29. The number of rotatable bonds is 4. The van der Waals surface area contributed by atoms with Crippen LogP contribution in [0.4, 0.5) is 4.39 Å². The Labute approximate surface area is 197 Å². The molecule has 1 spiro atoms. The number of benzene rings is 2. The Kier molecular flexibility index (Phi) is 5.94. The minimum Gasteiger partial charge on any atom is -0.457 e. The van der Waals surface area contributed by atoms with Gasteiger partial charge in [-0.15, -0.1) is 11.6 Å². The summed E-state index contributed by atoms with van der Waals surface area (Å²) in [6.07, 6.45) is 5.90. The molecular weight excluding hydrogens is 441 g/mol. The fourth-order valence-electron chi connectivity index (χ4n) is 5.19. The van der Waals surface area contributed by atoms with Gasteiger partial charge in [-0.25, -0.2) is 4.39 Å². The summed E-state index contributed by atoms with van der Waals surface area (Å²) in [6, 6.07) is 13.3. The molecule has 1 fully saturated rings. The van der Waals surface area contributed by atoms with Crippen LogP contribution >= 0.6 is 11.6 Å². The Bertz CT molecular complexity index is 1150. The van der Waals surface area contributed by atoms with Gasteiger partial charge in [0, 0.05) is 41.5 Å². The number of carbonyl (C=O) groups excluding carboxylic acids is 2. The van der Waals surface area contributed by atoms with Crippen LogP contribution in [0.25, 0.3) is 0 Å². The number of para-hydroxylation sites is 1. The molecule has 1 atom stereocenters. The summed E-state index contributed by atoms with van der Waals surface area (Å²) in [5.41, 5.74) is 1.66. The van der Waals surface area contributed by atoms with Crippen LogP contribution < -0.4 is 4.74 Å². The number of nitrogens with zero attached hydrogens (tertiary/aromatic N) is 1. The van der Waals surface area contributed by atoms with Gasteiger partial charge in [-0.3, -0.25) is 9.59 Å². The van der Waals surface area contributed by atoms with Crippen molar-refractivity contribution in [3.8, 4) is 5.75 Å². The lowest BCUT2D eigenvalue weighted by atomic mass is 9.65. The van der Waals surface area contributed by atoms with Gasteiger partial charge in [0.25, 0.3) is 0 Å². The fraction of sp³-hybridized carbons (Fsp3) is 0.333. The van der Waals surface area contributed by atoms with Crippen molar-refractivity contribution in [3.63, 3.8) is 0 Å². The minimum atomic E-state index is -0.470. The number of ketones is 2. The second-order valence-corrected chi connectivity index (χ2v) is 9.46. The van der Waals surface area contributed by atoms with Gasteiger partial charge in [-0.05, 0) is 62.3 Å². The van der Waals surface area contributed by atoms with Gasteiger partial charge in [-0.1, -0.05) is 24.3 Å². The van der Waals surface area contributed by atoms with Gasteiger partial charge in [-0.2, -0.15) is 0 Å². The monoisotopic (exact) mass is 465 g/mol. The summed E-state index contributed by atoms with van der Waals surface area (Å²) in [5, 5.41) is -0.284. The lowest BCUT2D eigenvalue weighted by Crippen LogP contribution is -2.48. The van der Waals surface area contributed by atoms with Crippen LogP contribution in [-0.4, -0.2) is 41.5 Å². The van der Waals surface area contributed by atoms with E-state index < -0.39 is 5.41 Å². The average Bonchev–Trinajstić information content (AvgIpc) is 2.97. The second kappa shape index (κ2) is 8.88. The molecule has 2 aromatic carbocycles. The number of fused-ring (bicyclic) bond motifs is 2. The maximum absolute atomic E-state index is 13.4. The number of hydrogen-bond acceptors (Lipinski definition) is 4. The van der Waals surface area contributed by atoms with Crippen molar-refractivity contribution in [2.24, 2.45) is 5.41 Å². The van der Waals surface area contributed by atoms with Crippen LogP contribution in [0, 0.1) is 11.2 Å². The number of piperidine rings is 1. The van der Waals surface area contributed by atoms with Crippen LogP contribution in [0.1, 0.15) is 35.2 Å². The van der Waals surface area contributed by atoms with Crippen molar-refractivity contribution in [2.45, 2.75) is 31.1 Å². The molecule has 4 nitrogen and oxygen atoms in total. The molecule has 1 saturated heterocycles. The molecule has 0 saturated carbocycles. The summed E-state index contributed by atoms with van der Waals surface area (Å²) < 4.78 is 19.3. The normalized spacial score (nSPS) is 21.9. The maximum Gasteiger partial charge on any atom is 0.167 e. The van der Waals surface area contributed by atoms with Crippen molar-refractivity contribution < 1.29 is 18.7 Å². The maximum atomic E-state index is 13.4. The molecule has 3 aliphatic rings. The molecule has 1 unspecified atom stereocenters. The molecule has 5 rings (SSSR count). The van der Waals surface area contributed by atoms with Crippen molar-refractivity contribution in [2.75, 3.05) is 19.6 Å². The summed E-state index contributed by atoms with van der Waals surface area (Å²) in [4.78, 5) is 28.1. The van der Waals surface area contributed by atoms with Crippen LogP contribution in [0.2, 0.25) is 0 Å². The van der Waals surface area contributed by atoms with Crippen LogP contribution in [0.5, 0.6) is 5.75 Å². The van der Waals surface area contributed by atoms with Gasteiger partial charge in [0.1, 0.15) is 17.3 Å². The Morgan fingerprint density at radius 2 is 1.85 bits per heavy atom. The molecule has 0 bridgehead atoms. The molecule has 2 heterocycles. The number of allylic oxidation sites excluding steroid dienone is 3. The van der Waals surface area contributed by atoms with Gasteiger partial charge in [0.15, 0.2) is 11.6 Å². The van der Waals surface area contributed by atoms with Crippen LogP contribution in [0.15, 0.2) is 72.0 Å². The van der Waals surface area contributed by atoms with E-state index in [-0.39, 0.29) is 22.8 Å². The molecule has 0 aromatic heterocycles. The van der Waals surface area contributed by atoms with Crippen molar-refractivity contribution >= 4 is 23.2 Å². The predicted molar refractivity (Wildman–Crippen MR) is 125 cm³/mol. The Hall–Kier alpha value is -2.76. The molecule has 0 N–H and O–H groups in total. The number of ether oxygens (including phenoxy) is 1. The Morgan fingerprint density at radius 3 is 2.61 bits per heavy atom. The lowest BCUT2D eigenvalue weighted by molar-refractivity contribution is -0.116. The van der Waals surface area contributed by atoms with Crippen LogP contribution in [0.3, 0.4) is 0 Å². The van der Waals surface area contributed by atoms with Crippen molar-refractivity contribution in [1.82, 2.24) is 4.90 Å². The number of hydrogen-bond donors (Lipinski definition) is 0. The van der Waals surface area contributed by atoms with E-state index in [4.69, 9.17) is 16.3 Å². The Morgan fingerprint density at radius 1 is 1.12 bits per heavy atom. The predicted octanol–water partition coefficient (Wildman–Crippen LogP) is 5.12. The zero-order valence-corrected chi connectivity index (χ0v) is 19.0. The van der Waals surface area contributed by atoms with Gasteiger partial charge in [0.05, 0.1) is 5.38 Å². The minimum absolute atomic E-state index is 0.00112. The third-order valence-corrected chi connectivity index (χ3v) is 7.64. The first kappa shape index (κ1) is 22.1. The highest BCUT2D eigenvalue weighted by atomic mass is 35.5. The van der Waals surface area contributed by atoms with E-state index in [0.717, 1.165) is 37.2 Å². The second-order valence-electron chi connectivity index (χ2n) is 8.99. The van der Waals surface area contributed by atoms with E-state index in [2.05, 4.69) is 4.90 Å². The van der Waals surface area contributed by atoms with Crippen LogP contribution in [-0.2, 0) is 11.2 Å². The fourth-order valence-corrected chi connectivity index (χ4v) is 5.59. The molecular formula is C27H25ClFNO3. The third-order valence-electron chi connectivity index (χ3n) is 7.08. The summed E-state index contributed by atoms with van der Waals surface area (Å²) in [5.74, 6) is 1.06. The number of halogens is 2. The standard InChI is InChI=1S/C27H25ClFNO3/c28-25-10-9-24-26(22(32)17-19-3-1-2-4-23(19)33-24)27(25)12-15-30(16-13-27)14-11-21(31)18-5-7-20(29)8-6-18/h1-10,25H,11-17H2. The summed E-state index contributed by atoms with van der Waals surface area (Å²) in [7, 11) is 0. The highest BCUT2D eigenvalue weighted by molar-refractivity contribution is 6.23. The highest BCUT2D eigenvalue weighted by Gasteiger charge is 2.49. The topological polar surface area (TPSA) is 46.6 Å². The lowest BCUT2D eigenvalue weighted by Gasteiger charge is -2.46. The number of Topliss-reactive ketones (excluding diaryl/α,β-unsaturated/α-hetero) is 2. The van der Waals surface area contributed by atoms with Crippen molar-refractivity contribution in [3.05, 3.63) is 89.0 Å². The summed E-state index contributed by atoms with van der Waals surface area (Å²) in [6.45, 7) is 2.10. The molecule has 6 heteroatoms. The molecule has 0 amide bonds. The zero-order chi connectivity index (χ0) is 23.0. The SMILES string of the molecule is O=C1Cc2ccccc2OC2=C1C1(CCN(CCC(=O)c3ccc(F)cc3)CC1)C(Cl)C=C2. The van der Waals surface area contributed by atoms with E-state index in [0.29, 0.717) is 36.3 Å². The molecule has 0 radical (unpaired) electrons. The zero-order valence-electron chi connectivity index (χ0n) is 18.2. The quantitative estimate of drug-likeness (QED) is 0.464. The highest BCUT2D eigenvalue weighted by Crippen LogP contribution is 2.50. The molecule has 2 aromatic rings. The third kappa shape index (κ3) is 4.16. The first-order valence-corrected chi connectivity index (χ1v) is 11.8. The van der Waals surface area contributed by atoms with E-state index in [1.165, 1.54) is 24.3 Å². The molecule has 33 heavy (non-hydrogen) atoms. The number of alkyl halides is 1. The van der Waals surface area contributed by atoms with Gasteiger partial charge < -0.3 is 9.64 Å². The first-order chi connectivity index (χ1) is 16.0. The van der Waals surface area contributed by atoms with Crippen molar-refractivity contribution in [1.29, 1.82) is 0 Å². The first-order valence-electron chi connectivity index (χ1n) is 11.3. The summed E-state index contributed by atoms with van der Waals surface area (Å²) >= 11 is 6.84. The smallest absolute Gasteiger partial charge is 0.167 e. The molecule has 2 aliphatic heterocycles. The van der Waals surface area contributed by atoms with E-state index >= 15 is 0 Å². The van der Waals surface area contributed by atoms with E-state index in [1.54, 1.807) is 0 Å². The van der Waals surface area contributed by atoms with Gasteiger partial charge in [0.2, 0.25) is 0 Å². The van der Waals surface area contributed by atoms with E-state index in [1.807, 2.05) is 36.4 Å². The average molecular weight is 466 g/mol.